The number of carbonyl (C=O) groups is 1. The van der Waals surface area contributed by atoms with Crippen LogP contribution in [0.3, 0.4) is 0 Å². The van der Waals surface area contributed by atoms with Crippen LogP contribution in [0.2, 0.25) is 0 Å². The highest BCUT2D eigenvalue weighted by molar-refractivity contribution is 7.98. The van der Waals surface area contributed by atoms with E-state index in [1.807, 2.05) is 32.0 Å². The number of carbonyl (C=O) groups excluding carboxylic acids is 1. The molecule has 0 unspecified atom stereocenters. The van der Waals surface area contributed by atoms with Gasteiger partial charge < -0.3 is 4.74 Å². The van der Waals surface area contributed by atoms with Crippen LogP contribution in [0.1, 0.15) is 25.8 Å². The lowest BCUT2D eigenvalue weighted by molar-refractivity contribution is -0.133. The normalized spacial score (nSPS) is 12.5. The first-order chi connectivity index (χ1) is 17.8. The molecule has 1 atom stereocenters. The highest BCUT2D eigenvalue weighted by atomic mass is 32.2. The van der Waals surface area contributed by atoms with Crippen molar-refractivity contribution in [3.8, 4) is 16.9 Å². The Morgan fingerprint density at radius 1 is 0.973 bits per heavy atom. The molecule has 0 fully saturated rings. The first kappa shape index (κ1) is 28.7. The van der Waals surface area contributed by atoms with Gasteiger partial charge in [-0.1, -0.05) is 68.4 Å². The maximum absolute atomic E-state index is 13.5. The number of methoxy groups -OCH3 is 1. The zero-order valence-corrected chi connectivity index (χ0v) is 23.0. The van der Waals surface area contributed by atoms with Gasteiger partial charge in [0.15, 0.2) is 0 Å². The van der Waals surface area contributed by atoms with E-state index >= 15 is 0 Å². The average Bonchev–Trinajstić information content (AvgIpc) is 2.92. The highest BCUT2D eigenvalue weighted by Gasteiger charge is 2.36. The van der Waals surface area contributed by atoms with Gasteiger partial charge in [0.05, 0.1) is 12.0 Å². The minimum atomic E-state index is -4.00. The van der Waals surface area contributed by atoms with Crippen LogP contribution in [0, 0.1) is 5.92 Å². The van der Waals surface area contributed by atoms with E-state index in [2.05, 4.69) is 36.4 Å². The zero-order chi connectivity index (χ0) is 26.8. The van der Waals surface area contributed by atoms with Gasteiger partial charge in [-0.3, -0.25) is 10.0 Å². The Labute approximate surface area is 223 Å². The van der Waals surface area contributed by atoms with Crippen LogP contribution >= 0.6 is 11.8 Å². The number of thioether (sulfide) groups is 1. The predicted octanol–water partition coefficient (Wildman–Crippen LogP) is 5.21. The molecule has 0 heterocycles. The molecule has 7 nitrogen and oxygen atoms in total. The second-order valence-corrected chi connectivity index (χ2v) is 12.0. The van der Waals surface area contributed by atoms with Crippen LogP contribution in [-0.2, 0) is 20.6 Å². The van der Waals surface area contributed by atoms with Crippen LogP contribution in [0.25, 0.3) is 11.1 Å². The topological polar surface area (TPSA) is 95.9 Å². The van der Waals surface area contributed by atoms with Crippen molar-refractivity contribution in [3.63, 3.8) is 0 Å². The van der Waals surface area contributed by atoms with Crippen LogP contribution in [-0.4, -0.2) is 49.3 Å². The van der Waals surface area contributed by atoms with Crippen molar-refractivity contribution >= 4 is 27.7 Å². The van der Waals surface area contributed by atoms with Gasteiger partial charge in [0.1, 0.15) is 11.8 Å². The first-order valence-electron chi connectivity index (χ1n) is 12.1. The molecule has 37 heavy (non-hydrogen) atoms. The fraction of sp³-hybridized carbons (Fsp3) is 0.321. The summed E-state index contributed by atoms with van der Waals surface area (Å²) in [6, 6.07) is 23.5. The van der Waals surface area contributed by atoms with E-state index in [0.29, 0.717) is 11.5 Å². The molecule has 9 heteroatoms. The lowest BCUT2D eigenvalue weighted by Gasteiger charge is -2.30. The number of benzene rings is 3. The van der Waals surface area contributed by atoms with Gasteiger partial charge in [-0.05, 0) is 59.0 Å². The lowest BCUT2D eigenvalue weighted by Crippen LogP contribution is -2.50. The van der Waals surface area contributed by atoms with Gasteiger partial charge in [-0.15, -0.1) is 0 Å². The van der Waals surface area contributed by atoms with Crippen LogP contribution in [0.5, 0.6) is 5.75 Å². The minimum Gasteiger partial charge on any atom is -0.497 e. The Bertz CT molecular complexity index is 1230. The quantitative estimate of drug-likeness (QED) is 0.175. The SMILES string of the molecule is COc1ccc(S(=O)(=O)N(CC(C)C)[C@@H](CCSCc2ccc(-c3ccccc3)cc2)C(=O)NO)cc1. The first-order valence-corrected chi connectivity index (χ1v) is 14.7. The minimum absolute atomic E-state index is 0.0298. The van der Waals surface area contributed by atoms with Crippen molar-refractivity contribution in [3.05, 3.63) is 84.4 Å². The molecule has 0 saturated carbocycles. The fourth-order valence-electron chi connectivity index (χ4n) is 3.93. The number of rotatable bonds is 13. The average molecular weight is 543 g/mol. The third kappa shape index (κ3) is 7.82. The van der Waals surface area contributed by atoms with Gasteiger partial charge in [0.25, 0.3) is 5.91 Å². The number of hydroxylamine groups is 1. The van der Waals surface area contributed by atoms with E-state index < -0.39 is 22.0 Å². The molecule has 0 aliphatic carbocycles. The summed E-state index contributed by atoms with van der Waals surface area (Å²) in [5, 5.41) is 9.40. The Balaban J connectivity index is 1.70. The van der Waals surface area contributed by atoms with Crippen LogP contribution in [0.15, 0.2) is 83.8 Å². The van der Waals surface area contributed by atoms with E-state index in [0.717, 1.165) is 22.4 Å². The summed E-state index contributed by atoms with van der Waals surface area (Å²) >= 11 is 1.61. The molecule has 0 aliphatic rings. The largest absolute Gasteiger partial charge is 0.497 e. The predicted molar refractivity (Wildman–Crippen MR) is 148 cm³/mol. The highest BCUT2D eigenvalue weighted by Crippen LogP contribution is 2.26. The van der Waals surface area contributed by atoms with E-state index in [4.69, 9.17) is 4.74 Å². The molecule has 3 rings (SSSR count). The van der Waals surface area contributed by atoms with Crippen molar-refractivity contribution in [1.82, 2.24) is 9.79 Å². The summed E-state index contributed by atoms with van der Waals surface area (Å²) in [6.07, 6.45) is 0.251. The molecule has 198 valence electrons. The standard InChI is InChI=1S/C28H34N2O5S2/c1-21(2)19-30(37(33,34)26-15-13-25(35-3)14-16-26)27(28(31)29-32)17-18-36-20-22-9-11-24(12-10-22)23-7-5-4-6-8-23/h4-16,21,27,32H,17-20H2,1-3H3,(H,29,31)/t27-/m0/s1. The molecule has 0 spiro atoms. The van der Waals surface area contributed by atoms with Gasteiger partial charge in [0, 0.05) is 12.3 Å². The third-order valence-electron chi connectivity index (χ3n) is 5.84. The van der Waals surface area contributed by atoms with Crippen molar-refractivity contribution in [2.24, 2.45) is 5.92 Å². The summed E-state index contributed by atoms with van der Waals surface area (Å²) in [7, 11) is -2.49. The third-order valence-corrected chi connectivity index (χ3v) is 8.79. The van der Waals surface area contributed by atoms with Crippen molar-refractivity contribution < 1.29 is 23.2 Å². The number of amides is 1. The lowest BCUT2D eigenvalue weighted by atomic mass is 10.0. The van der Waals surface area contributed by atoms with Crippen molar-refractivity contribution in [1.29, 1.82) is 0 Å². The molecule has 0 radical (unpaired) electrons. The second-order valence-electron chi connectivity index (χ2n) is 9.04. The van der Waals surface area contributed by atoms with E-state index in [1.54, 1.807) is 29.4 Å². The molecule has 0 bridgehead atoms. The number of ether oxygens (including phenoxy) is 1. The fourth-order valence-corrected chi connectivity index (χ4v) is 6.67. The summed E-state index contributed by atoms with van der Waals surface area (Å²) in [4.78, 5) is 12.7. The Kier molecular flexibility index (Phi) is 10.6. The summed E-state index contributed by atoms with van der Waals surface area (Å²) < 4.78 is 33.4. The smallest absolute Gasteiger partial charge is 0.261 e. The Hall–Kier alpha value is -2.85. The molecular weight excluding hydrogens is 508 g/mol. The molecule has 0 saturated heterocycles. The maximum atomic E-state index is 13.5. The molecule has 2 N–H and O–H groups in total. The monoisotopic (exact) mass is 542 g/mol. The summed E-state index contributed by atoms with van der Waals surface area (Å²) in [6.45, 7) is 3.91. The molecule has 0 aromatic heterocycles. The summed E-state index contributed by atoms with van der Waals surface area (Å²) in [5.74, 6) is 1.01. The second kappa shape index (κ2) is 13.6. The van der Waals surface area contributed by atoms with E-state index in [9.17, 15) is 18.4 Å². The van der Waals surface area contributed by atoms with Crippen molar-refractivity contribution in [2.45, 2.75) is 37.0 Å². The van der Waals surface area contributed by atoms with E-state index in [-0.39, 0.29) is 23.8 Å². The molecule has 3 aromatic rings. The number of hydrogen-bond donors (Lipinski definition) is 2. The number of nitrogens with zero attached hydrogens (tertiary/aromatic N) is 1. The van der Waals surface area contributed by atoms with E-state index in [1.165, 1.54) is 23.5 Å². The Morgan fingerprint density at radius 2 is 1.59 bits per heavy atom. The molecule has 1 amide bonds. The molecule has 3 aromatic carbocycles. The van der Waals surface area contributed by atoms with Crippen LogP contribution in [0.4, 0.5) is 0 Å². The van der Waals surface area contributed by atoms with Gasteiger partial charge in [-0.25, -0.2) is 13.9 Å². The van der Waals surface area contributed by atoms with Gasteiger partial charge >= 0.3 is 0 Å². The molecular formula is C28H34N2O5S2. The van der Waals surface area contributed by atoms with Crippen LogP contribution < -0.4 is 10.2 Å². The number of sulfonamides is 1. The Morgan fingerprint density at radius 3 is 2.16 bits per heavy atom. The van der Waals surface area contributed by atoms with Crippen molar-refractivity contribution in [2.75, 3.05) is 19.4 Å². The zero-order valence-electron chi connectivity index (χ0n) is 21.3. The summed E-state index contributed by atoms with van der Waals surface area (Å²) in [5.41, 5.74) is 5.10. The number of hydrogen-bond acceptors (Lipinski definition) is 6. The van der Waals surface area contributed by atoms with Gasteiger partial charge in [-0.2, -0.15) is 16.1 Å². The van der Waals surface area contributed by atoms with Gasteiger partial charge in [0.2, 0.25) is 10.0 Å². The maximum Gasteiger partial charge on any atom is 0.261 e. The number of nitrogens with one attached hydrogen (secondary N) is 1. The molecule has 0 aliphatic heterocycles.